The van der Waals surface area contributed by atoms with Gasteiger partial charge in [-0.15, -0.1) is 0 Å². The van der Waals surface area contributed by atoms with Crippen LogP contribution in [0.15, 0.2) is 0 Å². The highest BCUT2D eigenvalue weighted by molar-refractivity contribution is 5.73. The fourth-order valence-electron chi connectivity index (χ4n) is 0.129. The van der Waals surface area contributed by atoms with Crippen molar-refractivity contribution in [3.8, 4) is 0 Å². The van der Waals surface area contributed by atoms with Gasteiger partial charge < -0.3 is 10.8 Å². The molecule has 0 fully saturated rings. The summed E-state index contributed by atoms with van der Waals surface area (Å²) in [4.78, 5) is 10.8. The second kappa shape index (κ2) is 2.67. The van der Waals surface area contributed by atoms with Gasteiger partial charge in [-0.25, -0.2) is 0 Å². The van der Waals surface area contributed by atoms with E-state index in [1.54, 1.807) is 0 Å². The molecule has 2 unspecified atom stereocenters. The normalized spacial score (nSPS) is 41.6. The van der Waals surface area contributed by atoms with Gasteiger partial charge in [0.15, 0.2) is 0 Å². The van der Waals surface area contributed by atoms with E-state index in [0.29, 0.717) is 0 Å². The maximum absolute atomic E-state index is 10.8. The van der Waals surface area contributed by atoms with E-state index in [0.717, 1.165) is 0 Å². The van der Waals surface area contributed by atoms with Crippen LogP contribution in [0.4, 0.5) is 0 Å². The van der Waals surface area contributed by atoms with Crippen molar-refractivity contribution >= 4 is 5.97 Å². The Hall–Kier alpha value is -0.570. The van der Waals surface area contributed by atoms with Crippen molar-refractivity contribution in [2.24, 2.45) is 11.6 Å². The molecule has 0 aliphatic carbocycles. The molecule has 0 bridgehead atoms. The van der Waals surface area contributed by atoms with Crippen LogP contribution in [0.1, 0.15) is 22.0 Å². The highest BCUT2D eigenvalue weighted by Gasteiger charge is 2.14. The van der Waals surface area contributed by atoms with Crippen molar-refractivity contribution in [2.45, 2.75) is 19.8 Å². The second-order valence-corrected chi connectivity index (χ2v) is 1.13. The molecule has 0 rings (SSSR count). The number of carboxylic acid groups (broad SMARTS) is 1. The predicted octanol–water partition coefficient (Wildman–Crippen LogP) is 0.0543. The average Bonchev–Trinajstić information content (AvgIpc) is 2.12. The summed E-state index contributed by atoms with van der Waals surface area (Å²) < 4.78 is 56.2. The SMILES string of the molecule is [2H]CC([2H])(C([2H])([2H])[2H])C([2H])(C(=O)O)N([2H])[2H]. The lowest BCUT2D eigenvalue weighted by Crippen LogP contribution is -2.34. The summed E-state index contributed by atoms with van der Waals surface area (Å²) >= 11 is 0. The third-order valence-corrected chi connectivity index (χ3v) is 0.488. The van der Waals surface area contributed by atoms with E-state index in [-0.39, 0.29) is 0 Å². The maximum atomic E-state index is 10.8. The summed E-state index contributed by atoms with van der Waals surface area (Å²) in [6.45, 7) is -4.51. The molecular formula is C5H11NO2. The lowest BCUT2D eigenvalue weighted by atomic mass is 10.1. The van der Waals surface area contributed by atoms with E-state index < -0.39 is 37.4 Å². The number of hydrogen-bond acceptors (Lipinski definition) is 2. The van der Waals surface area contributed by atoms with Gasteiger partial charge in [0, 0.05) is 6.85 Å². The summed E-state index contributed by atoms with van der Waals surface area (Å²) in [5, 5.41) is 8.71. The minimum Gasteiger partial charge on any atom is -0.480 e. The molecule has 3 heteroatoms. The number of hydrogen-bond donors (Lipinski definition) is 2. The van der Waals surface area contributed by atoms with Gasteiger partial charge in [-0.05, 0) is 5.89 Å². The van der Waals surface area contributed by atoms with Crippen molar-refractivity contribution in [1.82, 2.24) is 0 Å². The first-order valence-corrected chi connectivity index (χ1v) is 1.75. The van der Waals surface area contributed by atoms with E-state index in [1.165, 1.54) is 0 Å². The zero-order chi connectivity index (χ0) is 13.4. The quantitative estimate of drug-likeness (QED) is 0.560. The zero-order valence-corrected chi connectivity index (χ0v) is 4.01. The summed E-state index contributed by atoms with van der Waals surface area (Å²) in [5.41, 5.74) is -0.677. The molecule has 3 nitrogen and oxygen atoms in total. The molecule has 0 saturated heterocycles. The van der Waals surface area contributed by atoms with Crippen molar-refractivity contribution in [3.05, 3.63) is 0 Å². The fraction of sp³-hybridized carbons (Fsp3) is 0.800. The number of rotatable bonds is 3. The molecule has 0 aromatic carbocycles. The Labute approximate surface area is 59.9 Å². The molecule has 48 valence electrons. The molecule has 3 N–H and O–H groups in total. The monoisotopic (exact) mass is 125 g/mol. The molecular weight excluding hydrogens is 106 g/mol. The van der Waals surface area contributed by atoms with Crippen molar-refractivity contribution in [2.75, 3.05) is 0 Å². The van der Waals surface area contributed by atoms with Crippen LogP contribution < -0.4 is 5.72 Å². The first-order chi connectivity index (χ1) is 6.95. The topological polar surface area (TPSA) is 63.3 Å². The van der Waals surface area contributed by atoms with E-state index >= 15 is 0 Å². The third kappa shape index (κ3) is 1.93. The van der Waals surface area contributed by atoms with Gasteiger partial charge in [-0.1, -0.05) is 13.8 Å². The number of nitrogens with two attached hydrogens (primary N) is 1. The molecule has 0 aromatic heterocycles. The lowest BCUT2D eigenvalue weighted by Gasteiger charge is -2.07. The van der Waals surface area contributed by atoms with Gasteiger partial charge in [0.1, 0.15) is 8.84 Å². The Bertz CT molecular complexity index is 280. The summed E-state index contributed by atoms with van der Waals surface area (Å²) in [6.07, 6.45) is 0. The Kier molecular flexibility index (Phi) is 0.492. The fourth-order valence-corrected chi connectivity index (χ4v) is 0.129. The minimum atomic E-state index is -3.36. The maximum Gasteiger partial charge on any atom is 0.320 e. The van der Waals surface area contributed by atoms with Crippen molar-refractivity contribution in [1.29, 1.82) is 0 Å². The van der Waals surface area contributed by atoms with E-state index in [4.69, 9.17) is 16.2 Å². The van der Waals surface area contributed by atoms with E-state index in [2.05, 4.69) is 0 Å². The second-order valence-electron chi connectivity index (χ2n) is 1.13. The lowest BCUT2D eigenvalue weighted by molar-refractivity contribution is -0.139. The van der Waals surface area contributed by atoms with Crippen molar-refractivity contribution < 1.29 is 20.9 Å². The largest absolute Gasteiger partial charge is 0.480 e. The minimum absolute atomic E-state index is 0.677. The number of carboxylic acids is 1. The molecule has 8 heavy (non-hydrogen) atoms. The summed E-state index contributed by atoms with van der Waals surface area (Å²) in [5.74, 6) is -5.22. The van der Waals surface area contributed by atoms with Crippen LogP contribution in [-0.2, 0) is 4.79 Å². The van der Waals surface area contributed by atoms with E-state index in [1.807, 2.05) is 0 Å². The van der Waals surface area contributed by atoms with Crippen LogP contribution in [0.25, 0.3) is 0 Å². The summed E-state index contributed by atoms with van der Waals surface area (Å²) in [6, 6.07) is -3.36. The third-order valence-electron chi connectivity index (χ3n) is 0.488. The van der Waals surface area contributed by atoms with Gasteiger partial charge in [0.2, 0.25) is 0 Å². The van der Waals surface area contributed by atoms with Crippen molar-refractivity contribution in [3.63, 3.8) is 0 Å². The Morgan fingerprint density at radius 3 is 3.12 bits per heavy atom. The number of aliphatic carboxylic acids is 1. The van der Waals surface area contributed by atoms with Gasteiger partial charge in [-0.2, -0.15) is 0 Å². The van der Waals surface area contributed by atoms with Crippen LogP contribution >= 0.6 is 0 Å². The van der Waals surface area contributed by atoms with Crippen LogP contribution in [0.3, 0.4) is 0 Å². The Morgan fingerprint density at radius 1 is 2.25 bits per heavy atom. The summed E-state index contributed by atoms with van der Waals surface area (Å²) in [7, 11) is 0. The number of carbonyl (C=O) groups is 1. The van der Waals surface area contributed by atoms with Gasteiger partial charge in [0.25, 0.3) is 0 Å². The first kappa shape index (κ1) is 1.48. The first-order valence-electron chi connectivity index (χ1n) is 5.86. The molecule has 0 heterocycles. The smallest absolute Gasteiger partial charge is 0.320 e. The van der Waals surface area contributed by atoms with Crippen LogP contribution in [0.5, 0.6) is 0 Å². The molecule has 0 spiro atoms. The molecule has 0 radical (unpaired) electrons. The molecule has 2 atom stereocenters. The van der Waals surface area contributed by atoms with Gasteiger partial charge in [-0.3, -0.25) is 4.79 Å². The molecule has 0 aliphatic rings. The predicted molar refractivity (Wildman–Crippen MR) is 30.4 cm³/mol. The Morgan fingerprint density at radius 2 is 3.00 bits per heavy atom. The average molecular weight is 125 g/mol. The Balaban J connectivity index is 5.77. The van der Waals surface area contributed by atoms with Crippen LogP contribution in [-0.4, -0.2) is 17.1 Å². The standard InChI is InChI=1S/C5H11NO2/c1-3(2)4(6)5(7)8/h3-4H,6H2,1-2H3,(H,7,8)/i1D,2D3,3D,4D/hD2. The highest BCUT2D eigenvalue weighted by Crippen LogP contribution is 1.96. The molecule has 0 aromatic rings. The molecule has 0 amide bonds. The van der Waals surface area contributed by atoms with Crippen LogP contribution in [0, 0.1) is 5.89 Å². The molecule has 0 aliphatic heterocycles. The highest BCUT2D eigenvalue weighted by atomic mass is 16.4. The zero-order valence-electron chi connectivity index (χ0n) is 12.0. The van der Waals surface area contributed by atoms with Gasteiger partial charge in [0.05, 0.1) is 1.37 Å². The molecule has 0 saturated carbocycles. The van der Waals surface area contributed by atoms with Crippen LogP contribution in [0.2, 0.25) is 2.82 Å². The van der Waals surface area contributed by atoms with Gasteiger partial charge >= 0.3 is 5.97 Å². The van der Waals surface area contributed by atoms with E-state index in [9.17, 15) is 4.79 Å².